The lowest BCUT2D eigenvalue weighted by Gasteiger charge is -2.32. The maximum Gasteiger partial charge on any atom is 0.308 e. The highest BCUT2D eigenvalue weighted by Gasteiger charge is 2.39. The van der Waals surface area contributed by atoms with Crippen molar-refractivity contribution >= 4 is 11.8 Å². The van der Waals surface area contributed by atoms with E-state index in [1.807, 2.05) is 25.2 Å². The van der Waals surface area contributed by atoms with E-state index in [2.05, 4.69) is 6.92 Å². The summed E-state index contributed by atoms with van der Waals surface area (Å²) in [6.45, 7) is 7.45. The lowest BCUT2D eigenvalue weighted by atomic mass is 9.74. The second-order valence-corrected chi connectivity index (χ2v) is 7.63. The molecule has 0 radical (unpaired) electrons. The molecule has 3 unspecified atom stereocenters. The van der Waals surface area contributed by atoms with Crippen molar-refractivity contribution in [3.05, 3.63) is 23.8 Å². The Morgan fingerprint density at radius 1 is 1.28 bits per heavy atom. The van der Waals surface area contributed by atoms with Crippen molar-refractivity contribution in [1.29, 1.82) is 0 Å². The van der Waals surface area contributed by atoms with Crippen LogP contribution in [0.4, 0.5) is 0 Å². The molecular formula is C20H32O5. The van der Waals surface area contributed by atoms with Crippen LogP contribution in [0.3, 0.4) is 0 Å². The number of aliphatic hydroxyl groups excluding tert-OH is 2. The third kappa shape index (κ3) is 6.75. The summed E-state index contributed by atoms with van der Waals surface area (Å²) >= 11 is 0. The number of carbonyl (C=O) groups is 2. The van der Waals surface area contributed by atoms with Gasteiger partial charge < -0.3 is 14.9 Å². The largest absolute Gasteiger partial charge is 0.465 e. The van der Waals surface area contributed by atoms with Gasteiger partial charge in [0, 0.05) is 12.3 Å². The molecule has 0 aromatic carbocycles. The van der Waals surface area contributed by atoms with E-state index in [1.165, 1.54) is 0 Å². The van der Waals surface area contributed by atoms with Crippen LogP contribution < -0.4 is 0 Å². The standard InChI is InChI=1S/C20H32O5/c1-14-7-5-8-16(13-21)9-6-10-25-18(23)12-17(22)20(3,4)19(24)15(2)11-14/h5,8-9,14-15,17,21-22H,6-7,10-13H2,1-4H3/b8-5+,16-9+. The molecular weight excluding hydrogens is 320 g/mol. The molecule has 0 saturated heterocycles. The Kier molecular flexibility index (Phi) is 8.53. The second kappa shape index (κ2) is 9.88. The van der Waals surface area contributed by atoms with Crippen LogP contribution in [0.25, 0.3) is 0 Å². The summed E-state index contributed by atoms with van der Waals surface area (Å²) in [4.78, 5) is 24.6. The molecule has 0 aromatic rings. The number of hydrogen-bond donors (Lipinski definition) is 2. The number of rotatable bonds is 1. The van der Waals surface area contributed by atoms with E-state index in [0.29, 0.717) is 18.8 Å². The molecule has 5 nitrogen and oxygen atoms in total. The van der Waals surface area contributed by atoms with E-state index in [-0.39, 0.29) is 31.3 Å². The lowest BCUT2D eigenvalue weighted by molar-refractivity contribution is -0.150. The van der Waals surface area contributed by atoms with Gasteiger partial charge >= 0.3 is 5.97 Å². The summed E-state index contributed by atoms with van der Waals surface area (Å²) in [5.74, 6) is -0.451. The molecule has 1 aliphatic heterocycles. The van der Waals surface area contributed by atoms with Crippen molar-refractivity contribution in [2.45, 2.75) is 59.5 Å². The van der Waals surface area contributed by atoms with Gasteiger partial charge in [0.2, 0.25) is 0 Å². The first kappa shape index (κ1) is 21.6. The number of aliphatic hydroxyl groups is 2. The first-order valence-corrected chi connectivity index (χ1v) is 9.02. The van der Waals surface area contributed by atoms with Crippen LogP contribution in [0.5, 0.6) is 0 Å². The molecule has 0 spiro atoms. The van der Waals surface area contributed by atoms with Crippen LogP contribution in [-0.2, 0) is 14.3 Å². The van der Waals surface area contributed by atoms with E-state index < -0.39 is 17.5 Å². The van der Waals surface area contributed by atoms with Crippen molar-refractivity contribution in [3.63, 3.8) is 0 Å². The fraction of sp³-hybridized carbons (Fsp3) is 0.700. The summed E-state index contributed by atoms with van der Waals surface area (Å²) < 4.78 is 5.12. The average molecular weight is 352 g/mol. The van der Waals surface area contributed by atoms with Crippen LogP contribution in [0.15, 0.2) is 23.8 Å². The maximum atomic E-state index is 12.7. The zero-order valence-electron chi connectivity index (χ0n) is 15.8. The number of ether oxygens (including phenoxy) is 1. The summed E-state index contributed by atoms with van der Waals surface area (Å²) in [6, 6.07) is 0. The minimum Gasteiger partial charge on any atom is -0.465 e. The van der Waals surface area contributed by atoms with E-state index >= 15 is 0 Å². The minimum absolute atomic E-state index is 0.0355. The zero-order chi connectivity index (χ0) is 19.0. The van der Waals surface area contributed by atoms with Crippen LogP contribution in [0, 0.1) is 17.3 Å². The molecule has 0 fully saturated rings. The van der Waals surface area contributed by atoms with Gasteiger partial charge in [-0.2, -0.15) is 0 Å². The molecule has 25 heavy (non-hydrogen) atoms. The van der Waals surface area contributed by atoms with Gasteiger partial charge in [0.1, 0.15) is 5.78 Å². The van der Waals surface area contributed by atoms with Crippen molar-refractivity contribution < 1.29 is 24.5 Å². The monoisotopic (exact) mass is 352 g/mol. The van der Waals surface area contributed by atoms with Crippen molar-refractivity contribution in [3.8, 4) is 0 Å². The quantitative estimate of drug-likeness (QED) is 0.709. The molecule has 1 heterocycles. The molecule has 0 aliphatic carbocycles. The third-order valence-corrected chi connectivity index (χ3v) is 4.87. The Morgan fingerprint density at radius 3 is 2.60 bits per heavy atom. The predicted octanol–water partition coefficient (Wildman–Crippen LogP) is 2.81. The van der Waals surface area contributed by atoms with Gasteiger partial charge in [-0.1, -0.05) is 45.9 Å². The predicted molar refractivity (Wildman–Crippen MR) is 96.9 cm³/mol. The smallest absolute Gasteiger partial charge is 0.308 e. The summed E-state index contributed by atoms with van der Waals surface area (Å²) in [5.41, 5.74) is -0.213. The number of Topliss-reactive ketones (excluding diaryl/α,β-unsaturated/α-hetero) is 1. The Labute approximate surface area is 150 Å². The van der Waals surface area contributed by atoms with E-state index in [4.69, 9.17) is 4.74 Å². The van der Waals surface area contributed by atoms with E-state index in [1.54, 1.807) is 13.8 Å². The number of ketones is 1. The zero-order valence-corrected chi connectivity index (χ0v) is 15.8. The normalized spacial score (nSPS) is 33.2. The first-order valence-electron chi connectivity index (χ1n) is 9.02. The molecule has 3 atom stereocenters. The van der Waals surface area contributed by atoms with Crippen LogP contribution in [0.1, 0.15) is 53.4 Å². The Morgan fingerprint density at radius 2 is 1.96 bits per heavy atom. The Bertz CT molecular complexity index is 518. The van der Waals surface area contributed by atoms with E-state index in [9.17, 15) is 19.8 Å². The molecule has 0 saturated carbocycles. The molecule has 142 valence electrons. The number of carbonyl (C=O) groups excluding carboxylic acids is 2. The molecule has 2 N–H and O–H groups in total. The van der Waals surface area contributed by atoms with Gasteiger partial charge in [0.25, 0.3) is 0 Å². The maximum absolute atomic E-state index is 12.7. The van der Waals surface area contributed by atoms with Gasteiger partial charge in [-0.25, -0.2) is 0 Å². The molecule has 5 heteroatoms. The van der Waals surface area contributed by atoms with Gasteiger partial charge in [-0.3, -0.25) is 9.59 Å². The summed E-state index contributed by atoms with van der Waals surface area (Å²) in [5, 5.41) is 19.7. The molecule has 0 bridgehead atoms. The number of esters is 1. The van der Waals surface area contributed by atoms with Gasteiger partial charge in [0.15, 0.2) is 0 Å². The molecule has 1 rings (SSSR count). The lowest BCUT2D eigenvalue weighted by Crippen LogP contribution is -2.42. The highest BCUT2D eigenvalue weighted by atomic mass is 16.5. The van der Waals surface area contributed by atoms with Crippen molar-refractivity contribution in [1.82, 2.24) is 0 Å². The SMILES string of the molecule is CC1C/C=C/C(CO)=C\CCOC(=O)CC(O)C(C)(C)C(=O)C(C)C1. The van der Waals surface area contributed by atoms with E-state index in [0.717, 1.165) is 12.0 Å². The summed E-state index contributed by atoms with van der Waals surface area (Å²) in [7, 11) is 0. The average Bonchev–Trinajstić information content (AvgIpc) is 2.55. The number of cyclic esters (lactones) is 1. The Hall–Kier alpha value is -1.46. The number of allylic oxidation sites excluding steroid dienone is 1. The van der Waals surface area contributed by atoms with Crippen LogP contribution in [-0.4, -0.2) is 41.3 Å². The molecule has 0 amide bonds. The second-order valence-electron chi connectivity index (χ2n) is 7.63. The Balaban J connectivity index is 2.96. The highest BCUT2D eigenvalue weighted by Crippen LogP contribution is 2.31. The first-order chi connectivity index (χ1) is 11.7. The topological polar surface area (TPSA) is 83.8 Å². The van der Waals surface area contributed by atoms with Crippen molar-refractivity contribution in [2.24, 2.45) is 17.3 Å². The molecule has 1 aliphatic rings. The summed E-state index contributed by atoms with van der Waals surface area (Å²) in [6.07, 6.45) is 6.48. The fourth-order valence-electron chi connectivity index (χ4n) is 3.13. The van der Waals surface area contributed by atoms with Gasteiger partial charge in [-0.05, 0) is 24.3 Å². The third-order valence-electron chi connectivity index (χ3n) is 4.87. The van der Waals surface area contributed by atoms with Crippen LogP contribution >= 0.6 is 0 Å². The minimum atomic E-state index is -1.07. The van der Waals surface area contributed by atoms with Gasteiger partial charge in [0.05, 0.1) is 31.2 Å². The number of hydrogen-bond acceptors (Lipinski definition) is 5. The molecule has 0 aromatic heterocycles. The van der Waals surface area contributed by atoms with Gasteiger partial charge in [-0.15, -0.1) is 0 Å². The van der Waals surface area contributed by atoms with Crippen molar-refractivity contribution in [2.75, 3.05) is 13.2 Å². The fourth-order valence-corrected chi connectivity index (χ4v) is 3.13. The van der Waals surface area contributed by atoms with Crippen LogP contribution in [0.2, 0.25) is 0 Å². The highest BCUT2D eigenvalue weighted by molar-refractivity contribution is 5.87.